The van der Waals surface area contributed by atoms with Gasteiger partial charge in [-0.1, -0.05) is 0 Å². The third-order valence-electron chi connectivity index (χ3n) is 4.07. The van der Waals surface area contributed by atoms with E-state index in [1.54, 1.807) is 0 Å². The maximum absolute atomic E-state index is 11.8. The van der Waals surface area contributed by atoms with E-state index in [1.807, 2.05) is 0 Å². The van der Waals surface area contributed by atoms with Crippen molar-refractivity contribution in [2.45, 2.75) is 77.7 Å². The van der Waals surface area contributed by atoms with Crippen LogP contribution in [-0.4, -0.2) is 84.8 Å². The summed E-state index contributed by atoms with van der Waals surface area (Å²) >= 11 is 0. The average molecular weight is 448 g/mol. The van der Waals surface area contributed by atoms with Crippen LogP contribution in [0, 0.1) is 0 Å². The minimum atomic E-state index is -1.48. The molecule has 0 amide bonds. The summed E-state index contributed by atoms with van der Waals surface area (Å²) in [5, 5.41) is 9.05. The Hall–Kier alpha value is -2.73. The monoisotopic (exact) mass is 448 g/mol. The first-order chi connectivity index (χ1) is 14.5. The quantitative estimate of drug-likeness (QED) is 0.272. The van der Waals surface area contributed by atoms with Crippen molar-refractivity contribution in [2.75, 3.05) is 13.2 Å². The van der Waals surface area contributed by atoms with Gasteiger partial charge >= 0.3 is 29.8 Å². The molecule has 0 bridgehead atoms. The highest BCUT2D eigenvalue weighted by atomic mass is 16.7. The average Bonchev–Trinajstić information content (AvgIpc) is 2.61. The molecule has 31 heavy (non-hydrogen) atoms. The predicted molar refractivity (Wildman–Crippen MR) is 99.2 cm³/mol. The first kappa shape index (κ1) is 26.3. The second-order valence-electron chi connectivity index (χ2n) is 6.78. The van der Waals surface area contributed by atoms with Crippen molar-refractivity contribution in [1.82, 2.24) is 0 Å². The summed E-state index contributed by atoms with van der Waals surface area (Å²) in [4.78, 5) is 58.8. The van der Waals surface area contributed by atoms with E-state index in [9.17, 15) is 24.0 Å². The maximum Gasteiger partial charge on any atom is 0.303 e. The van der Waals surface area contributed by atoms with Crippen molar-refractivity contribution >= 4 is 29.8 Å². The molecule has 0 spiro atoms. The van der Waals surface area contributed by atoms with Crippen LogP contribution in [0.3, 0.4) is 0 Å². The highest BCUT2D eigenvalue weighted by molar-refractivity contribution is 5.70. The molecule has 0 aromatic rings. The number of carbonyl (C=O) groups is 5. The Morgan fingerprint density at radius 1 is 0.548 bits per heavy atom. The zero-order valence-electron chi connectivity index (χ0n) is 18.0. The van der Waals surface area contributed by atoms with Crippen molar-refractivity contribution in [2.24, 2.45) is 0 Å². The topological polar surface area (TPSA) is 161 Å². The lowest BCUT2D eigenvalue weighted by molar-refractivity contribution is -0.262. The van der Waals surface area contributed by atoms with Gasteiger partial charge in [-0.15, -0.1) is 0 Å². The highest BCUT2D eigenvalue weighted by Crippen LogP contribution is 2.34. The van der Waals surface area contributed by atoms with Crippen molar-refractivity contribution in [1.29, 1.82) is 0 Å². The SMILES string of the molecule is CC(=O)OC1C(OC(C)=O)[C@H](OC(C)=O)C(OC(C)=O)C(OC(C)=O)[C@@H]1OCCCO. The van der Waals surface area contributed by atoms with Gasteiger partial charge in [0.1, 0.15) is 6.10 Å². The summed E-state index contributed by atoms with van der Waals surface area (Å²) in [6.45, 7) is 5.13. The first-order valence-corrected chi connectivity index (χ1v) is 9.56. The Bertz CT molecular complexity index is 631. The molecule has 0 saturated heterocycles. The van der Waals surface area contributed by atoms with Crippen LogP contribution < -0.4 is 0 Å². The normalized spacial score (nSPS) is 27.5. The first-order valence-electron chi connectivity index (χ1n) is 9.56. The van der Waals surface area contributed by atoms with Crippen LogP contribution in [0.15, 0.2) is 0 Å². The predicted octanol–water partition coefficient (Wildman–Crippen LogP) is -0.574. The van der Waals surface area contributed by atoms with Crippen LogP contribution in [0.2, 0.25) is 0 Å². The summed E-state index contributed by atoms with van der Waals surface area (Å²) in [6.07, 6.45) is -8.24. The fourth-order valence-electron chi connectivity index (χ4n) is 3.22. The van der Waals surface area contributed by atoms with Crippen LogP contribution in [0.4, 0.5) is 0 Å². The van der Waals surface area contributed by atoms with Gasteiger partial charge < -0.3 is 33.5 Å². The molecule has 1 aliphatic carbocycles. The van der Waals surface area contributed by atoms with Gasteiger partial charge in [-0.05, 0) is 6.42 Å². The Balaban J connectivity index is 3.58. The van der Waals surface area contributed by atoms with Crippen molar-refractivity contribution in [3.63, 3.8) is 0 Å². The maximum atomic E-state index is 11.8. The summed E-state index contributed by atoms with van der Waals surface area (Å²) in [6, 6.07) is 0. The van der Waals surface area contributed by atoms with Crippen molar-refractivity contribution < 1.29 is 57.5 Å². The number of aliphatic hydroxyl groups excluding tert-OH is 1. The van der Waals surface area contributed by atoms with Gasteiger partial charge in [0, 0.05) is 47.8 Å². The van der Waals surface area contributed by atoms with E-state index in [2.05, 4.69) is 0 Å². The minimum absolute atomic E-state index is 0.0610. The molecule has 1 saturated carbocycles. The lowest BCUT2D eigenvalue weighted by atomic mass is 9.83. The molecule has 1 N–H and O–H groups in total. The summed E-state index contributed by atoms with van der Waals surface area (Å²) in [5.74, 6) is -4.00. The van der Waals surface area contributed by atoms with Crippen LogP contribution in [0.1, 0.15) is 41.0 Å². The molecule has 1 rings (SSSR count). The summed E-state index contributed by atoms with van der Waals surface area (Å²) < 4.78 is 32.1. The molecule has 1 fully saturated rings. The number of ether oxygens (including phenoxy) is 6. The minimum Gasteiger partial charge on any atom is -0.455 e. The molecule has 12 nitrogen and oxygen atoms in total. The molecular formula is C19H28O12. The Kier molecular flexibility index (Phi) is 10.4. The highest BCUT2D eigenvalue weighted by Gasteiger charge is 2.59. The van der Waals surface area contributed by atoms with Crippen LogP contribution in [0.5, 0.6) is 0 Å². The van der Waals surface area contributed by atoms with E-state index < -0.39 is 66.5 Å². The molecule has 1 aliphatic rings. The van der Waals surface area contributed by atoms with E-state index in [-0.39, 0.29) is 19.6 Å². The molecule has 176 valence electrons. The third kappa shape index (κ3) is 8.13. The fraction of sp³-hybridized carbons (Fsp3) is 0.737. The third-order valence-corrected chi connectivity index (χ3v) is 4.07. The van der Waals surface area contributed by atoms with Gasteiger partial charge in [-0.2, -0.15) is 0 Å². The molecule has 0 aliphatic heterocycles. The molecule has 4 unspecified atom stereocenters. The fourth-order valence-corrected chi connectivity index (χ4v) is 3.22. The van der Waals surface area contributed by atoms with Gasteiger partial charge in [0.2, 0.25) is 0 Å². The number of aliphatic hydroxyl groups is 1. The van der Waals surface area contributed by atoms with Gasteiger partial charge in [0.05, 0.1) is 0 Å². The van der Waals surface area contributed by atoms with E-state index in [1.165, 1.54) is 0 Å². The Morgan fingerprint density at radius 3 is 1.03 bits per heavy atom. The number of carbonyl (C=O) groups excluding carboxylic acids is 5. The van der Waals surface area contributed by atoms with E-state index >= 15 is 0 Å². The number of rotatable bonds is 9. The van der Waals surface area contributed by atoms with Gasteiger partial charge in [-0.3, -0.25) is 24.0 Å². The van der Waals surface area contributed by atoms with Gasteiger partial charge in [0.15, 0.2) is 30.5 Å². The zero-order valence-corrected chi connectivity index (χ0v) is 18.0. The molecule has 0 radical (unpaired) electrons. The van der Waals surface area contributed by atoms with E-state index in [0.29, 0.717) is 0 Å². The molecule has 4 atom stereocenters. The molecule has 0 aromatic carbocycles. The second kappa shape index (κ2) is 12.2. The summed E-state index contributed by atoms with van der Waals surface area (Å²) in [5.41, 5.74) is 0. The Labute approximate surface area is 179 Å². The second-order valence-corrected chi connectivity index (χ2v) is 6.78. The van der Waals surface area contributed by atoms with E-state index in [0.717, 1.165) is 34.6 Å². The van der Waals surface area contributed by atoms with Gasteiger partial charge in [0.25, 0.3) is 0 Å². The molecule has 0 heterocycles. The van der Waals surface area contributed by atoms with Crippen LogP contribution in [0.25, 0.3) is 0 Å². The standard InChI is InChI=1S/C19H28O12/c1-9(21)27-15-14(26-8-6-7-20)16(28-10(2)22)18(30-12(4)24)19(31-13(5)25)17(15)29-11(3)23/h14-20H,6-8H2,1-5H3/t14-,15?,16?,17?,18?,19+. The summed E-state index contributed by atoms with van der Waals surface area (Å²) in [7, 11) is 0. The smallest absolute Gasteiger partial charge is 0.303 e. The van der Waals surface area contributed by atoms with Crippen LogP contribution in [-0.2, 0) is 52.4 Å². The molecule has 0 aromatic heterocycles. The van der Waals surface area contributed by atoms with Crippen molar-refractivity contribution in [3.05, 3.63) is 0 Å². The Morgan fingerprint density at radius 2 is 0.806 bits per heavy atom. The van der Waals surface area contributed by atoms with E-state index in [4.69, 9.17) is 33.5 Å². The van der Waals surface area contributed by atoms with Crippen LogP contribution >= 0.6 is 0 Å². The number of hydrogen-bond acceptors (Lipinski definition) is 12. The number of hydrogen-bond donors (Lipinski definition) is 1. The zero-order chi connectivity index (χ0) is 23.7. The lowest BCUT2D eigenvalue weighted by Crippen LogP contribution is -2.68. The van der Waals surface area contributed by atoms with Crippen molar-refractivity contribution in [3.8, 4) is 0 Å². The largest absolute Gasteiger partial charge is 0.455 e. The molecule has 12 heteroatoms. The lowest BCUT2D eigenvalue weighted by Gasteiger charge is -2.47. The van der Waals surface area contributed by atoms with Gasteiger partial charge in [-0.25, -0.2) is 0 Å². The number of esters is 5. The molecular weight excluding hydrogens is 420 g/mol.